The van der Waals surface area contributed by atoms with E-state index in [0.29, 0.717) is 6.42 Å². The molecule has 0 N–H and O–H groups in total. The molecule has 0 aromatic carbocycles. The second-order valence-electron chi connectivity index (χ2n) is 4.28. The molecule has 0 saturated heterocycles. The molecule has 0 saturated carbocycles. The first kappa shape index (κ1) is 13.9. The molecule has 0 nitrogen and oxygen atoms in total. The van der Waals surface area contributed by atoms with Gasteiger partial charge in [0, 0.05) is 6.42 Å². The van der Waals surface area contributed by atoms with Crippen LogP contribution in [0.4, 0.5) is 8.78 Å². The molecule has 0 aliphatic rings. The minimum atomic E-state index is -2.10. The lowest BCUT2D eigenvalue weighted by Crippen LogP contribution is -1.94. The second-order valence-corrected chi connectivity index (χ2v) is 4.28. The number of hydrogen-bond acceptors (Lipinski definition) is 0. The van der Waals surface area contributed by atoms with E-state index in [1.54, 1.807) is 0 Å². The number of alkyl halides is 2. The van der Waals surface area contributed by atoms with Crippen LogP contribution in [0.5, 0.6) is 0 Å². The van der Waals surface area contributed by atoms with Crippen LogP contribution in [-0.4, -0.2) is 6.43 Å². The van der Waals surface area contributed by atoms with E-state index in [9.17, 15) is 8.78 Å². The van der Waals surface area contributed by atoms with E-state index in [4.69, 9.17) is 0 Å². The van der Waals surface area contributed by atoms with Crippen molar-refractivity contribution in [3.63, 3.8) is 0 Å². The summed E-state index contributed by atoms with van der Waals surface area (Å²) in [6.07, 6.45) is 5.82. The molecule has 0 spiro atoms. The van der Waals surface area contributed by atoms with Crippen molar-refractivity contribution in [1.29, 1.82) is 0 Å². The monoisotopic (exact) mass is 206 g/mol. The van der Waals surface area contributed by atoms with Gasteiger partial charge in [-0.05, 0) is 12.3 Å². The van der Waals surface area contributed by atoms with Crippen molar-refractivity contribution < 1.29 is 8.78 Å². The summed E-state index contributed by atoms with van der Waals surface area (Å²) in [6, 6.07) is 0. The Bertz CT molecular complexity index is 113. The largest absolute Gasteiger partial charge is 0.238 e. The third kappa shape index (κ3) is 9.94. The fourth-order valence-corrected chi connectivity index (χ4v) is 1.78. The van der Waals surface area contributed by atoms with Crippen molar-refractivity contribution in [3.8, 4) is 0 Å². The molecule has 0 fully saturated rings. The van der Waals surface area contributed by atoms with Crippen molar-refractivity contribution in [3.05, 3.63) is 0 Å². The molecule has 0 heterocycles. The molecule has 0 aliphatic carbocycles. The van der Waals surface area contributed by atoms with Crippen molar-refractivity contribution in [2.75, 3.05) is 0 Å². The van der Waals surface area contributed by atoms with Crippen molar-refractivity contribution in [1.82, 2.24) is 0 Å². The first-order chi connectivity index (χ1) is 6.66. The minimum Gasteiger partial charge on any atom is -0.211 e. The Morgan fingerprint density at radius 3 is 1.93 bits per heavy atom. The Balaban J connectivity index is 3.05. The van der Waals surface area contributed by atoms with E-state index in [1.165, 1.54) is 25.7 Å². The summed E-state index contributed by atoms with van der Waals surface area (Å²) < 4.78 is 23.5. The fraction of sp³-hybridized carbons (Fsp3) is 1.00. The van der Waals surface area contributed by atoms with Crippen LogP contribution in [0.2, 0.25) is 0 Å². The van der Waals surface area contributed by atoms with Crippen LogP contribution in [0.25, 0.3) is 0 Å². The topological polar surface area (TPSA) is 0 Å². The SMILES string of the molecule is CCCC(C)CCCCCCC(F)F. The first-order valence-electron chi connectivity index (χ1n) is 5.95. The highest BCUT2D eigenvalue weighted by Crippen LogP contribution is 2.16. The average Bonchev–Trinajstić information content (AvgIpc) is 2.11. The summed E-state index contributed by atoms with van der Waals surface area (Å²) in [4.78, 5) is 0. The van der Waals surface area contributed by atoms with Crippen LogP contribution < -0.4 is 0 Å². The van der Waals surface area contributed by atoms with Crippen LogP contribution in [0.3, 0.4) is 0 Å². The smallest absolute Gasteiger partial charge is 0.211 e. The summed E-state index contributed by atoms with van der Waals surface area (Å²) in [7, 11) is 0. The Morgan fingerprint density at radius 2 is 1.43 bits per heavy atom. The molecule has 2 heteroatoms. The molecule has 1 atom stereocenters. The average molecular weight is 206 g/mol. The number of halogens is 2. The molecular weight excluding hydrogens is 182 g/mol. The molecule has 0 aromatic heterocycles. The van der Waals surface area contributed by atoms with Gasteiger partial charge in [-0.3, -0.25) is 0 Å². The Kier molecular flexibility index (Phi) is 9.32. The standard InChI is InChI=1S/C12H24F2/c1-3-8-11(2)9-6-4-5-7-10-12(13)14/h11-12H,3-10H2,1-2H3. The van der Waals surface area contributed by atoms with Gasteiger partial charge < -0.3 is 0 Å². The zero-order chi connectivity index (χ0) is 10.8. The molecule has 14 heavy (non-hydrogen) atoms. The molecular formula is C12H24F2. The summed E-state index contributed by atoms with van der Waals surface area (Å²) in [5.41, 5.74) is 0. The second kappa shape index (κ2) is 9.42. The number of hydrogen-bond donors (Lipinski definition) is 0. The maximum absolute atomic E-state index is 11.8. The van der Waals surface area contributed by atoms with E-state index in [1.807, 2.05) is 0 Å². The number of unbranched alkanes of at least 4 members (excludes halogenated alkanes) is 3. The van der Waals surface area contributed by atoms with Gasteiger partial charge in [0.2, 0.25) is 6.43 Å². The molecule has 0 aromatic rings. The van der Waals surface area contributed by atoms with Crippen LogP contribution in [0.15, 0.2) is 0 Å². The van der Waals surface area contributed by atoms with Gasteiger partial charge in [-0.25, -0.2) is 8.78 Å². The van der Waals surface area contributed by atoms with Crippen LogP contribution in [0, 0.1) is 5.92 Å². The molecule has 86 valence electrons. The van der Waals surface area contributed by atoms with Crippen LogP contribution in [-0.2, 0) is 0 Å². The lowest BCUT2D eigenvalue weighted by atomic mass is 9.98. The highest BCUT2D eigenvalue weighted by Gasteiger charge is 2.02. The zero-order valence-corrected chi connectivity index (χ0v) is 9.57. The summed E-state index contributed by atoms with van der Waals surface area (Å²) in [5.74, 6) is 0.815. The maximum Gasteiger partial charge on any atom is 0.238 e. The molecule has 0 aliphatic heterocycles. The van der Waals surface area contributed by atoms with E-state index < -0.39 is 6.43 Å². The summed E-state index contributed by atoms with van der Waals surface area (Å²) in [6.45, 7) is 4.49. The van der Waals surface area contributed by atoms with Gasteiger partial charge in [0.05, 0.1) is 0 Å². The quantitative estimate of drug-likeness (QED) is 0.464. The zero-order valence-electron chi connectivity index (χ0n) is 9.57. The lowest BCUT2D eigenvalue weighted by molar-refractivity contribution is 0.133. The van der Waals surface area contributed by atoms with Crippen molar-refractivity contribution >= 4 is 0 Å². The highest BCUT2D eigenvalue weighted by molar-refractivity contribution is 4.53. The van der Waals surface area contributed by atoms with E-state index in [0.717, 1.165) is 18.8 Å². The van der Waals surface area contributed by atoms with Gasteiger partial charge in [0.1, 0.15) is 0 Å². The molecule has 1 unspecified atom stereocenters. The maximum atomic E-state index is 11.8. The van der Waals surface area contributed by atoms with E-state index in [-0.39, 0.29) is 6.42 Å². The molecule has 0 amide bonds. The van der Waals surface area contributed by atoms with Crippen LogP contribution in [0.1, 0.15) is 65.2 Å². The third-order valence-corrected chi connectivity index (χ3v) is 2.65. The van der Waals surface area contributed by atoms with E-state index >= 15 is 0 Å². The minimum absolute atomic E-state index is 0.0878. The molecule has 0 radical (unpaired) electrons. The van der Waals surface area contributed by atoms with Gasteiger partial charge in [0.15, 0.2) is 0 Å². The Hall–Kier alpha value is -0.140. The highest BCUT2D eigenvalue weighted by atomic mass is 19.3. The predicted molar refractivity (Wildman–Crippen MR) is 57.8 cm³/mol. The van der Waals surface area contributed by atoms with Gasteiger partial charge in [-0.2, -0.15) is 0 Å². The fourth-order valence-electron chi connectivity index (χ4n) is 1.78. The summed E-state index contributed by atoms with van der Waals surface area (Å²) >= 11 is 0. The lowest BCUT2D eigenvalue weighted by Gasteiger charge is -2.08. The van der Waals surface area contributed by atoms with E-state index in [2.05, 4.69) is 13.8 Å². The van der Waals surface area contributed by atoms with Gasteiger partial charge >= 0.3 is 0 Å². The van der Waals surface area contributed by atoms with Gasteiger partial charge in [0.25, 0.3) is 0 Å². The number of rotatable bonds is 9. The van der Waals surface area contributed by atoms with Crippen molar-refractivity contribution in [2.45, 2.75) is 71.6 Å². The summed E-state index contributed by atoms with van der Waals surface area (Å²) in [5, 5.41) is 0. The van der Waals surface area contributed by atoms with Crippen molar-refractivity contribution in [2.24, 2.45) is 5.92 Å². The third-order valence-electron chi connectivity index (χ3n) is 2.65. The molecule has 0 bridgehead atoms. The Labute approximate surface area is 87.1 Å². The normalized spacial score (nSPS) is 13.5. The van der Waals surface area contributed by atoms with Gasteiger partial charge in [-0.1, -0.05) is 52.4 Å². The molecule has 0 rings (SSSR count). The Morgan fingerprint density at radius 1 is 0.857 bits per heavy atom. The van der Waals surface area contributed by atoms with Gasteiger partial charge in [-0.15, -0.1) is 0 Å². The first-order valence-corrected chi connectivity index (χ1v) is 5.95. The predicted octanol–water partition coefficient (Wildman–Crippen LogP) is 5.03. The van der Waals surface area contributed by atoms with Crippen LogP contribution >= 0.6 is 0 Å².